The van der Waals surface area contributed by atoms with Crippen LogP contribution in [0.2, 0.25) is 0 Å². The maximum atomic E-state index is 11.6. The molecule has 1 aromatic carbocycles. The molecule has 1 heterocycles. The van der Waals surface area contributed by atoms with Crippen LogP contribution in [-0.2, 0) is 16.1 Å². The van der Waals surface area contributed by atoms with Crippen molar-refractivity contribution in [2.24, 2.45) is 0 Å². The highest BCUT2D eigenvalue weighted by atomic mass is 16.5. The van der Waals surface area contributed by atoms with Crippen LogP contribution in [0.4, 0.5) is 0 Å². The first-order chi connectivity index (χ1) is 9.65. The van der Waals surface area contributed by atoms with Crippen molar-refractivity contribution in [2.75, 3.05) is 13.7 Å². The molecule has 0 saturated carbocycles. The number of ether oxygens (including phenoxy) is 1. The fourth-order valence-corrected chi connectivity index (χ4v) is 2.07. The van der Waals surface area contributed by atoms with Crippen LogP contribution in [0.5, 0.6) is 5.75 Å². The minimum absolute atomic E-state index is 0.145. The van der Waals surface area contributed by atoms with Crippen LogP contribution in [0, 0.1) is 11.8 Å². The lowest BCUT2D eigenvalue weighted by Crippen LogP contribution is -2.28. The van der Waals surface area contributed by atoms with Gasteiger partial charge in [0.2, 0.25) is 11.8 Å². The molecule has 1 aromatic rings. The van der Waals surface area contributed by atoms with E-state index in [-0.39, 0.29) is 37.8 Å². The van der Waals surface area contributed by atoms with E-state index in [1.54, 1.807) is 18.2 Å². The molecule has 1 fully saturated rings. The number of benzene rings is 1. The number of aliphatic hydroxyl groups excluding tert-OH is 1. The molecule has 0 spiro atoms. The number of amides is 2. The second kappa shape index (κ2) is 6.22. The first kappa shape index (κ1) is 14.1. The molecule has 2 amide bonds. The number of aliphatic hydroxyl groups is 1. The largest absolute Gasteiger partial charge is 0.495 e. The van der Waals surface area contributed by atoms with Crippen LogP contribution < -0.4 is 4.74 Å². The van der Waals surface area contributed by atoms with Crippen molar-refractivity contribution < 1.29 is 19.4 Å². The lowest BCUT2D eigenvalue weighted by Gasteiger charge is -2.14. The number of methoxy groups -OCH3 is 1. The Bertz CT molecular complexity index is 582. The molecule has 104 valence electrons. The van der Waals surface area contributed by atoms with Crippen molar-refractivity contribution in [3.05, 3.63) is 29.3 Å². The van der Waals surface area contributed by atoms with E-state index in [1.807, 2.05) is 0 Å². The molecular weight excluding hydrogens is 258 g/mol. The van der Waals surface area contributed by atoms with Crippen molar-refractivity contribution in [1.29, 1.82) is 0 Å². The van der Waals surface area contributed by atoms with Gasteiger partial charge in [-0.15, -0.1) is 0 Å². The van der Waals surface area contributed by atoms with Gasteiger partial charge in [0.15, 0.2) is 0 Å². The molecule has 0 unspecified atom stereocenters. The van der Waals surface area contributed by atoms with Gasteiger partial charge in [0.1, 0.15) is 12.4 Å². The van der Waals surface area contributed by atoms with Gasteiger partial charge in [-0.1, -0.05) is 17.9 Å². The summed E-state index contributed by atoms with van der Waals surface area (Å²) in [5.74, 6) is 5.65. The van der Waals surface area contributed by atoms with Crippen LogP contribution in [0.3, 0.4) is 0 Å². The van der Waals surface area contributed by atoms with Crippen molar-refractivity contribution >= 4 is 11.8 Å². The highest BCUT2D eigenvalue weighted by Crippen LogP contribution is 2.22. The second-order valence-electron chi connectivity index (χ2n) is 4.37. The molecule has 5 heteroatoms. The van der Waals surface area contributed by atoms with E-state index in [0.29, 0.717) is 11.3 Å². The SMILES string of the molecule is COc1ccc(CN2C(=O)CCC2=O)cc1C#CCO. The van der Waals surface area contributed by atoms with Crippen molar-refractivity contribution in [1.82, 2.24) is 4.90 Å². The third-order valence-corrected chi connectivity index (χ3v) is 3.06. The number of nitrogens with zero attached hydrogens (tertiary/aromatic N) is 1. The van der Waals surface area contributed by atoms with Gasteiger partial charge in [-0.25, -0.2) is 0 Å². The molecule has 1 aliphatic heterocycles. The molecule has 1 aliphatic rings. The minimum Gasteiger partial charge on any atom is -0.495 e. The topological polar surface area (TPSA) is 66.8 Å². The number of hydrogen-bond acceptors (Lipinski definition) is 4. The minimum atomic E-state index is -0.240. The smallest absolute Gasteiger partial charge is 0.229 e. The van der Waals surface area contributed by atoms with E-state index in [0.717, 1.165) is 5.56 Å². The van der Waals surface area contributed by atoms with Crippen molar-refractivity contribution in [3.8, 4) is 17.6 Å². The monoisotopic (exact) mass is 273 g/mol. The van der Waals surface area contributed by atoms with Gasteiger partial charge < -0.3 is 9.84 Å². The Kier molecular flexibility index (Phi) is 4.38. The molecule has 2 rings (SSSR count). The zero-order valence-electron chi connectivity index (χ0n) is 11.2. The Morgan fingerprint density at radius 3 is 2.60 bits per heavy atom. The summed E-state index contributed by atoms with van der Waals surface area (Å²) in [6, 6.07) is 5.30. The predicted molar refractivity (Wildman–Crippen MR) is 71.7 cm³/mol. The van der Waals surface area contributed by atoms with Gasteiger partial charge in [0.05, 0.1) is 19.2 Å². The maximum Gasteiger partial charge on any atom is 0.229 e. The Balaban J connectivity index is 2.24. The van der Waals surface area contributed by atoms with E-state index < -0.39 is 0 Å². The summed E-state index contributed by atoms with van der Waals surface area (Å²) in [6.07, 6.45) is 0.568. The maximum absolute atomic E-state index is 11.6. The normalized spacial score (nSPS) is 14.2. The molecule has 5 nitrogen and oxygen atoms in total. The molecule has 1 N–H and O–H groups in total. The van der Waals surface area contributed by atoms with E-state index in [9.17, 15) is 9.59 Å². The number of imide groups is 1. The Hall–Kier alpha value is -2.32. The molecule has 0 atom stereocenters. The molecule has 0 radical (unpaired) electrons. The van der Waals surface area contributed by atoms with Crippen molar-refractivity contribution in [2.45, 2.75) is 19.4 Å². The lowest BCUT2D eigenvalue weighted by molar-refractivity contribution is -0.139. The van der Waals surface area contributed by atoms with Crippen LogP contribution >= 0.6 is 0 Å². The van der Waals surface area contributed by atoms with Crippen LogP contribution in [0.1, 0.15) is 24.0 Å². The fraction of sp³-hybridized carbons (Fsp3) is 0.333. The van der Waals surface area contributed by atoms with Gasteiger partial charge in [-0.05, 0) is 17.7 Å². The summed E-state index contributed by atoms with van der Waals surface area (Å²) in [6.45, 7) is 0.00590. The van der Waals surface area contributed by atoms with Gasteiger partial charge in [0.25, 0.3) is 0 Å². The lowest BCUT2D eigenvalue weighted by atomic mass is 10.1. The Morgan fingerprint density at radius 2 is 2.00 bits per heavy atom. The van der Waals surface area contributed by atoms with Crippen molar-refractivity contribution in [3.63, 3.8) is 0 Å². The zero-order valence-corrected chi connectivity index (χ0v) is 11.2. The molecule has 0 aromatic heterocycles. The highest BCUT2D eigenvalue weighted by Gasteiger charge is 2.28. The summed E-state index contributed by atoms with van der Waals surface area (Å²) in [5.41, 5.74) is 1.43. The van der Waals surface area contributed by atoms with Crippen LogP contribution in [0.25, 0.3) is 0 Å². The standard InChI is InChI=1S/C15H15NO4/c1-20-13-5-4-11(9-12(13)3-2-8-17)10-16-14(18)6-7-15(16)19/h4-5,9,17H,6-8,10H2,1H3. The highest BCUT2D eigenvalue weighted by molar-refractivity contribution is 6.01. The molecular formula is C15H15NO4. The number of hydrogen-bond donors (Lipinski definition) is 1. The average Bonchev–Trinajstić information content (AvgIpc) is 2.77. The Labute approximate surface area is 117 Å². The van der Waals surface area contributed by atoms with Crippen LogP contribution in [0.15, 0.2) is 18.2 Å². The summed E-state index contributed by atoms with van der Waals surface area (Å²) >= 11 is 0. The quantitative estimate of drug-likeness (QED) is 0.650. The fourth-order valence-electron chi connectivity index (χ4n) is 2.07. The number of carbonyl (C=O) groups is 2. The average molecular weight is 273 g/mol. The Morgan fingerprint density at radius 1 is 1.30 bits per heavy atom. The molecule has 0 bridgehead atoms. The van der Waals surface area contributed by atoms with E-state index in [1.165, 1.54) is 12.0 Å². The van der Waals surface area contributed by atoms with E-state index in [2.05, 4.69) is 11.8 Å². The second-order valence-corrected chi connectivity index (χ2v) is 4.37. The summed E-state index contributed by atoms with van der Waals surface area (Å²) in [4.78, 5) is 24.4. The molecule has 0 aliphatic carbocycles. The number of carbonyl (C=O) groups excluding carboxylic acids is 2. The van der Waals surface area contributed by atoms with E-state index in [4.69, 9.17) is 9.84 Å². The first-order valence-electron chi connectivity index (χ1n) is 6.25. The predicted octanol–water partition coefficient (Wildman–Crippen LogP) is 0.688. The van der Waals surface area contributed by atoms with Gasteiger partial charge in [0, 0.05) is 12.8 Å². The van der Waals surface area contributed by atoms with Gasteiger partial charge in [-0.3, -0.25) is 14.5 Å². The van der Waals surface area contributed by atoms with Gasteiger partial charge >= 0.3 is 0 Å². The number of rotatable bonds is 3. The molecule has 1 saturated heterocycles. The van der Waals surface area contributed by atoms with Gasteiger partial charge in [-0.2, -0.15) is 0 Å². The zero-order chi connectivity index (χ0) is 14.5. The first-order valence-corrected chi connectivity index (χ1v) is 6.25. The summed E-state index contributed by atoms with van der Waals surface area (Å²) < 4.78 is 5.18. The third kappa shape index (κ3) is 2.98. The third-order valence-electron chi connectivity index (χ3n) is 3.06. The molecule has 20 heavy (non-hydrogen) atoms. The summed E-state index contributed by atoms with van der Waals surface area (Å²) in [5, 5.41) is 8.75. The van der Waals surface area contributed by atoms with E-state index >= 15 is 0 Å². The van der Waals surface area contributed by atoms with Crippen LogP contribution in [-0.4, -0.2) is 35.5 Å². The number of likely N-dealkylation sites (tertiary alicyclic amines) is 1. The summed E-state index contributed by atoms with van der Waals surface area (Å²) in [7, 11) is 1.53.